The van der Waals surface area contributed by atoms with Crippen LogP contribution in [-0.2, 0) is 0 Å². The van der Waals surface area contributed by atoms with Gasteiger partial charge >= 0.3 is 0 Å². The normalized spacial score (nSPS) is 11.8. The summed E-state index contributed by atoms with van der Waals surface area (Å²) in [6, 6.07) is 77.9. The molecule has 0 bridgehead atoms. The molecule has 0 atom stereocenters. The average Bonchev–Trinajstić information content (AvgIpc) is 3.82. The summed E-state index contributed by atoms with van der Waals surface area (Å²) in [6.45, 7) is 0. The topological polar surface area (TPSA) is 9.86 Å². The number of fused-ring (bicyclic) bond motifs is 10. The Morgan fingerprint density at radius 3 is 1.15 bits per heavy atom. The molecule has 10 aromatic carbocycles. The molecule has 276 valence electrons. The molecule has 0 saturated heterocycles. The van der Waals surface area contributed by atoms with Crippen LogP contribution in [0, 0.1) is 0 Å². The van der Waals surface area contributed by atoms with Crippen molar-refractivity contribution in [3.8, 4) is 44.8 Å². The van der Waals surface area contributed by atoms with E-state index in [0.29, 0.717) is 0 Å². The second-order valence-electron chi connectivity index (χ2n) is 15.5. The average molecular weight is 816 g/mol. The van der Waals surface area contributed by atoms with Crippen molar-refractivity contribution in [2.24, 2.45) is 0 Å². The molecule has 0 spiro atoms. The molecule has 0 amide bonds. The predicted octanol–water partition coefficient (Wildman–Crippen LogP) is 16.0. The molecule has 0 aliphatic rings. The third-order valence-corrected chi connectivity index (χ3v) is 12.6. The minimum atomic E-state index is 1.07. The Labute approximate surface area is 350 Å². The van der Waals surface area contributed by atoms with Crippen molar-refractivity contribution in [1.29, 1.82) is 0 Å². The van der Waals surface area contributed by atoms with Gasteiger partial charge in [-0.05, 0) is 123 Å². The van der Waals surface area contributed by atoms with Gasteiger partial charge < -0.3 is 9.13 Å². The maximum atomic E-state index is 3.67. The molecule has 0 fully saturated rings. The Bertz CT molecular complexity index is 3380. The Hall–Kier alpha value is -7.20. The first kappa shape index (κ1) is 33.9. The van der Waals surface area contributed by atoms with Gasteiger partial charge in [-0.1, -0.05) is 149 Å². The smallest absolute Gasteiger partial charge is 0.0619 e. The van der Waals surface area contributed by atoms with Gasteiger partial charge in [0, 0.05) is 48.2 Å². The molecule has 12 rings (SSSR count). The van der Waals surface area contributed by atoms with Crippen molar-refractivity contribution in [2.45, 2.75) is 0 Å². The minimum absolute atomic E-state index is 1.07. The fraction of sp³-hybridized carbons (Fsp3) is 0. The zero-order chi connectivity index (χ0) is 39.0. The molecule has 12 aromatic rings. The number of aromatic nitrogens is 2. The molecule has 0 radical (unpaired) electrons. The highest BCUT2D eigenvalue weighted by molar-refractivity contribution is 9.10. The van der Waals surface area contributed by atoms with Crippen molar-refractivity contribution >= 4 is 81.1 Å². The molecule has 2 heterocycles. The molecule has 3 heteroatoms. The van der Waals surface area contributed by atoms with Gasteiger partial charge in [0.2, 0.25) is 0 Å². The second kappa shape index (κ2) is 13.4. The summed E-state index contributed by atoms with van der Waals surface area (Å²) >= 11 is 3.67. The Morgan fingerprint density at radius 2 is 0.678 bits per heavy atom. The van der Waals surface area contributed by atoms with E-state index in [-0.39, 0.29) is 0 Å². The van der Waals surface area contributed by atoms with Crippen LogP contribution in [0.1, 0.15) is 0 Å². The molecule has 2 nitrogen and oxygen atoms in total. The SMILES string of the molecule is Brc1ccc(-c2cc(-c3ccc4c(c3)c3ccc5ccccc5c3n4-c3ccccc3)cc(-c3ccc4c(c3)c3ccc5ccccc5c3n4-c3ccccc3)c2)cc1. The molecular formula is C56H35BrN2. The molecule has 0 aliphatic heterocycles. The van der Waals surface area contributed by atoms with Gasteiger partial charge in [0.25, 0.3) is 0 Å². The van der Waals surface area contributed by atoms with E-state index in [9.17, 15) is 0 Å². The fourth-order valence-corrected chi connectivity index (χ4v) is 9.65. The van der Waals surface area contributed by atoms with Gasteiger partial charge in [-0.3, -0.25) is 0 Å². The minimum Gasteiger partial charge on any atom is -0.309 e. The summed E-state index contributed by atoms with van der Waals surface area (Å²) < 4.78 is 5.94. The van der Waals surface area contributed by atoms with E-state index < -0.39 is 0 Å². The summed E-state index contributed by atoms with van der Waals surface area (Å²) in [5, 5.41) is 9.97. The number of halogens is 1. The highest BCUT2D eigenvalue weighted by Gasteiger charge is 2.19. The first-order chi connectivity index (χ1) is 29.2. The standard InChI is InChI=1S/C56H35BrN2/c57-44-25-19-36(20-26-44)41-31-42(39-23-29-53-51(34-39)49-27-21-37-11-7-9-17-47(37)55(49)58(53)45-13-3-1-4-14-45)33-43(32-41)40-24-30-54-52(35-40)50-28-22-38-12-8-10-18-48(38)56(50)59(54)46-15-5-2-6-16-46/h1-35H. The van der Waals surface area contributed by atoms with Crippen molar-refractivity contribution in [2.75, 3.05) is 0 Å². The number of para-hydroxylation sites is 2. The molecule has 59 heavy (non-hydrogen) atoms. The van der Waals surface area contributed by atoms with E-state index in [1.54, 1.807) is 0 Å². The number of nitrogens with zero attached hydrogens (tertiary/aromatic N) is 2. The summed E-state index contributed by atoms with van der Waals surface area (Å²) in [6.07, 6.45) is 0. The zero-order valence-electron chi connectivity index (χ0n) is 32.0. The lowest BCUT2D eigenvalue weighted by Gasteiger charge is -2.13. The maximum Gasteiger partial charge on any atom is 0.0619 e. The van der Waals surface area contributed by atoms with Gasteiger partial charge in [0.05, 0.1) is 22.1 Å². The molecule has 0 aliphatic carbocycles. The van der Waals surface area contributed by atoms with Crippen LogP contribution < -0.4 is 0 Å². The summed E-state index contributed by atoms with van der Waals surface area (Å²) in [5.41, 5.74) is 14.3. The first-order valence-corrected chi connectivity index (χ1v) is 20.9. The third kappa shape index (κ3) is 5.46. The van der Waals surface area contributed by atoms with Crippen LogP contribution in [0.15, 0.2) is 217 Å². The Balaban J connectivity index is 1.09. The van der Waals surface area contributed by atoms with Gasteiger partial charge in [0.1, 0.15) is 0 Å². The highest BCUT2D eigenvalue weighted by Crippen LogP contribution is 2.42. The predicted molar refractivity (Wildman–Crippen MR) is 254 cm³/mol. The largest absolute Gasteiger partial charge is 0.309 e. The van der Waals surface area contributed by atoms with E-state index in [0.717, 1.165) is 15.8 Å². The van der Waals surface area contributed by atoms with Crippen LogP contribution in [0.4, 0.5) is 0 Å². The van der Waals surface area contributed by atoms with Crippen LogP contribution >= 0.6 is 15.9 Å². The van der Waals surface area contributed by atoms with E-state index >= 15 is 0 Å². The lowest BCUT2D eigenvalue weighted by molar-refractivity contribution is 1.19. The van der Waals surface area contributed by atoms with E-state index in [2.05, 4.69) is 237 Å². The van der Waals surface area contributed by atoms with Crippen LogP contribution in [0.5, 0.6) is 0 Å². The van der Waals surface area contributed by atoms with E-state index in [1.165, 1.54) is 98.5 Å². The Morgan fingerprint density at radius 1 is 0.271 bits per heavy atom. The van der Waals surface area contributed by atoms with Gasteiger partial charge in [0.15, 0.2) is 0 Å². The number of benzene rings is 10. The zero-order valence-corrected chi connectivity index (χ0v) is 33.6. The lowest BCUT2D eigenvalue weighted by Crippen LogP contribution is -1.94. The van der Waals surface area contributed by atoms with Crippen molar-refractivity contribution in [1.82, 2.24) is 9.13 Å². The van der Waals surface area contributed by atoms with Crippen molar-refractivity contribution in [3.05, 3.63) is 217 Å². The van der Waals surface area contributed by atoms with Crippen LogP contribution in [-0.4, -0.2) is 9.13 Å². The fourth-order valence-electron chi connectivity index (χ4n) is 9.38. The van der Waals surface area contributed by atoms with Gasteiger partial charge in [-0.15, -0.1) is 0 Å². The molecule has 0 unspecified atom stereocenters. The summed E-state index contributed by atoms with van der Waals surface area (Å²) in [7, 11) is 0. The van der Waals surface area contributed by atoms with Gasteiger partial charge in [-0.25, -0.2) is 0 Å². The lowest BCUT2D eigenvalue weighted by atomic mass is 9.92. The number of rotatable bonds is 5. The number of hydrogen-bond donors (Lipinski definition) is 0. The van der Waals surface area contributed by atoms with Crippen molar-refractivity contribution < 1.29 is 0 Å². The molecular weight excluding hydrogens is 781 g/mol. The molecule has 2 aromatic heterocycles. The third-order valence-electron chi connectivity index (χ3n) is 12.1. The number of hydrogen-bond acceptors (Lipinski definition) is 0. The molecule has 0 N–H and O–H groups in total. The van der Waals surface area contributed by atoms with E-state index in [4.69, 9.17) is 0 Å². The van der Waals surface area contributed by atoms with Gasteiger partial charge in [-0.2, -0.15) is 0 Å². The van der Waals surface area contributed by atoms with E-state index in [1.807, 2.05) is 0 Å². The molecule has 0 saturated carbocycles. The quantitative estimate of drug-likeness (QED) is 0.164. The van der Waals surface area contributed by atoms with Crippen LogP contribution in [0.25, 0.3) is 110 Å². The monoisotopic (exact) mass is 814 g/mol. The maximum absolute atomic E-state index is 3.67. The Kier molecular flexibility index (Phi) is 7.72. The first-order valence-electron chi connectivity index (χ1n) is 20.1. The van der Waals surface area contributed by atoms with Crippen molar-refractivity contribution in [3.63, 3.8) is 0 Å². The van der Waals surface area contributed by atoms with Crippen LogP contribution in [0.2, 0.25) is 0 Å². The highest BCUT2D eigenvalue weighted by atomic mass is 79.9. The summed E-state index contributed by atoms with van der Waals surface area (Å²) in [4.78, 5) is 0. The summed E-state index contributed by atoms with van der Waals surface area (Å²) in [5.74, 6) is 0. The van der Waals surface area contributed by atoms with Crippen LogP contribution in [0.3, 0.4) is 0 Å². The second-order valence-corrected chi connectivity index (χ2v) is 16.4.